The summed E-state index contributed by atoms with van der Waals surface area (Å²) in [7, 11) is 0. The van der Waals surface area contributed by atoms with Crippen molar-refractivity contribution in [3.8, 4) is 0 Å². The van der Waals surface area contributed by atoms with Crippen molar-refractivity contribution in [2.75, 3.05) is 0 Å². The molecule has 23 heavy (non-hydrogen) atoms. The van der Waals surface area contributed by atoms with Crippen LogP contribution in [0.15, 0.2) is 36.4 Å². The van der Waals surface area contributed by atoms with Crippen molar-refractivity contribution in [1.82, 2.24) is 5.32 Å². The zero-order valence-electron chi connectivity index (χ0n) is 14.3. The summed E-state index contributed by atoms with van der Waals surface area (Å²) < 4.78 is 0. The molecule has 1 N–H and O–H groups in total. The van der Waals surface area contributed by atoms with Gasteiger partial charge in [-0.1, -0.05) is 24.3 Å². The number of benzene rings is 2. The van der Waals surface area contributed by atoms with Crippen LogP contribution in [0.1, 0.15) is 64.0 Å². The Morgan fingerprint density at radius 2 is 1.70 bits per heavy atom. The Labute approximate surface area is 138 Å². The summed E-state index contributed by atoms with van der Waals surface area (Å²) in [5.41, 5.74) is 7.23. The lowest BCUT2D eigenvalue weighted by Gasteiger charge is -2.18. The highest BCUT2D eigenvalue weighted by molar-refractivity contribution is 5.94. The minimum atomic E-state index is 0.0119. The Morgan fingerprint density at radius 3 is 2.43 bits per heavy atom. The summed E-state index contributed by atoms with van der Waals surface area (Å²) in [6.07, 6.45) is 4.75. The molecule has 2 nitrogen and oxygen atoms in total. The van der Waals surface area contributed by atoms with Crippen LogP contribution in [0.3, 0.4) is 0 Å². The molecular formula is C21H25NO. The van der Waals surface area contributed by atoms with Gasteiger partial charge in [0.15, 0.2) is 0 Å². The highest BCUT2D eigenvalue weighted by atomic mass is 16.1. The highest BCUT2D eigenvalue weighted by Gasteiger charge is 2.15. The third kappa shape index (κ3) is 3.47. The number of amides is 1. The first-order chi connectivity index (χ1) is 11.0. The van der Waals surface area contributed by atoms with Crippen LogP contribution < -0.4 is 5.32 Å². The lowest BCUT2D eigenvalue weighted by atomic mass is 9.90. The van der Waals surface area contributed by atoms with Crippen LogP contribution in [0.5, 0.6) is 0 Å². The van der Waals surface area contributed by atoms with E-state index in [0.29, 0.717) is 0 Å². The Kier molecular flexibility index (Phi) is 4.51. The molecule has 0 saturated carbocycles. The van der Waals surface area contributed by atoms with Gasteiger partial charge in [0.1, 0.15) is 0 Å². The van der Waals surface area contributed by atoms with Crippen LogP contribution in [0.2, 0.25) is 0 Å². The minimum Gasteiger partial charge on any atom is -0.346 e. The minimum absolute atomic E-state index is 0.0119. The molecule has 120 valence electrons. The maximum atomic E-state index is 12.6. The van der Waals surface area contributed by atoms with Gasteiger partial charge in [-0.05, 0) is 86.4 Å². The molecule has 1 aliphatic rings. The first kappa shape index (κ1) is 15.8. The summed E-state index contributed by atoms with van der Waals surface area (Å²) >= 11 is 0. The SMILES string of the molecule is Cc1ccc([C@@H](C)NC(=O)c2ccc3c(c2)CCCC3)cc1C. The van der Waals surface area contributed by atoms with E-state index >= 15 is 0 Å². The zero-order chi connectivity index (χ0) is 16.4. The first-order valence-corrected chi connectivity index (χ1v) is 8.54. The maximum absolute atomic E-state index is 12.6. The van der Waals surface area contributed by atoms with Gasteiger partial charge >= 0.3 is 0 Å². The number of nitrogens with one attached hydrogen (secondary N) is 1. The second kappa shape index (κ2) is 6.57. The second-order valence-electron chi connectivity index (χ2n) is 6.73. The lowest BCUT2D eigenvalue weighted by molar-refractivity contribution is 0.0939. The van der Waals surface area contributed by atoms with Crippen molar-refractivity contribution >= 4 is 5.91 Å². The number of hydrogen-bond acceptors (Lipinski definition) is 1. The van der Waals surface area contributed by atoms with E-state index in [0.717, 1.165) is 24.0 Å². The molecule has 0 spiro atoms. The monoisotopic (exact) mass is 307 g/mol. The summed E-state index contributed by atoms with van der Waals surface area (Å²) in [5, 5.41) is 3.13. The highest BCUT2D eigenvalue weighted by Crippen LogP contribution is 2.23. The maximum Gasteiger partial charge on any atom is 0.251 e. The molecule has 3 rings (SSSR count). The molecule has 0 radical (unpaired) electrons. The fourth-order valence-electron chi connectivity index (χ4n) is 3.27. The van der Waals surface area contributed by atoms with E-state index in [9.17, 15) is 4.79 Å². The van der Waals surface area contributed by atoms with E-state index in [2.05, 4.69) is 49.5 Å². The summed E-state index contributed by atoms with van der Waals surface area (Å²) in [4.78, 5) is 12.6. The van der Waals surface area contributed by atoms with E-state index in [1.54, 1.807) is 0 Å². The summed E-state index contributed by atoms with van der Waals surface area (Å²) in [6, 6.07) is 12.6. The van der Waals surface area contributed by atoms with Gasteiger partial charge in [0, 0.05) is 5.56 Å². The molecule has 2 aromatic carbocycles. The quantitative estimate of drug-likeness (QED) is 0.877. The Balaban J connectivity index is 1.74. The van der Waals surface area contributed by atoms with Crippen LogP contribution in [0.4, 0.5) is 0 Å². The standard InChI is InChI=1S/C21H25NO/c1-14-8-9-18(12-15(14)2)16(3)22-21(23)20-11-10-17-6-4-5-7-19(17)13-20/h8-13,16H,4-7H2,1-3H3,(H,22,23)/t16-/m1/s1. The van der Waals surface area contributed by atoms with Gasteiger partial charge in [0.2, 0.25) is 0 Å². The third-order valence-corrected chi connectivity index (χ3v) is 4.99. The van der Waals surface area contributed by atoms with E-state index in [1.165, 1.54) is 35.1 Å². The fraction of sp³-hybridized carbons (Fsp3) is 0.381. The molecule has 2 aromatic rings. The van der Waals surface area contributed by atoms with Crippen molar-refractivity contribution in [2.24, 2.45) is 0 Å². The Hall–Kier alpha value is -2.09. The third-order valence-electron chi connectivity index (χ3n) is 4.99. The predicted molar refractivity (Wildman–Crippen MR) is 94.9 cm³/mol. The molecule has 0 aliphatic heterocycles. The Morgan fingerprint density at radius 1 is 0.957 bits per heavy atom. The zero-order valence-corrected chi connectivity index (χ0v) is 14.3. The Bertz CT molecular complexity index is 733. The van der Waals surface area contributed by atoms with Crippen LogP contribution in [0.25, 0.3) is 0 Å². The van der Waals surface area contributed by atoms with Crippen molar-refractivity contribution in [3.63, 3.8) is 0 Å². The lowest BCUT2D eigenvalue weighted by Crippen LogP contribution is -2.27. The molecule has 0 bridgehead atoms. The fourth-order valence-corrected chi connectivity index (χ4v) is 3.27. The smallest absolute Gasteiger partial charge is 0.251 e. The van der Waals surface area contributed by atoms with Crippen molar-refractivity contribution in [2.45, 2.75) is 52.5 Å². The number of carbonyl (C=O) groups is 1. The molecule has 0 fully saturated rings. The van der Waals surface area contributed by atoms with Crippen LogP contribution >= 0.6 is 0 Å². The van der Waals surface area contributed by atoms with E-state index in [4.69, 9.17) is 0 Å². The van der Waals surface area contributed by atoms with Gasteiger partial charge in [0.05, 0.1) is 6.04 Å². The van der Waals surface area contributed by atoms with E-state index in [1.807, 2.05) is 13.0 Å². The number of rotatable bonds is 3. The molecule has 1 aliphatic carbocycles. The molecule has 0 unspecified atom stereocenters. The van der Waals surface area contributed by atoms with Gasteiger partial charge in [-0.2, -0.15) is 0 Å². The summed E-state index contributed by atoms with van der Waals surface area (Å²) in [5.74, 6) is 0.0177. The van der Waals surface area contributed by atoms with Crippen LogP contribution in [0, 0.1) is 13.8 Å². The van der Waals surface area contributed by atoms with Crippen molar-refractivity contribution < 1.29 is 4.79 Å². The molecular weight excluding hydrogens is 282 g/mol. The van der Waals surface area contributed by atoms with Crippen molar-refractivity contribution in [1.29, 1.82) is 0 Å². The van der Waals surface area contributed by atoms with Crippen LogP contribution in [-0.2, 0) is 12.8 Å². The molecule has 0 heterocycles. The number of hydrogen-bond donors (Lipinski definition) is 1. The number of carbonyl (C=O) groups excluding carboxylic acids is 1. The first-order valence-electron chi connectivity index (χ1n) is 8.54. The average molecular weight is 307 g/mol. The molecule has 0 saturated heterocycles. The number of aryl methyl sites for hydroxylation is 4. The van der Waals surface area contributed by atoms with Gasteiger partial charge in [-0.25, -0.2) is 0 Å². The average Bonchev–Trinajstić information content (AvgIpc) is 2.56. The van der Waals surface area contributed by atoms with Crippen LogP contribution in [-0.4, -0.2) is 5.91 Å². The molecule has 1 atom stereocenters. The second-order valence-corrected chi connectivity index (χ2v) is 6.73. The predicted octanol–water partition coefficient (Wildman–Crippen LogP) is 4.67. The van der Waals surface area contributed by atoms with Gasteiger partial charge < -0.3 is 5.32 Å². The van der Waals surface area contributed by atoms with E-state index < -0.39 is 0 Å². The van der Waals surface area contributed by atoms with Gasteiger partial charge in [-0.3, -0.25) is 4.79 Å². The van der Waals surface area contributed by atoms with Gasteiger partial charge in [0.25, 0.3) is 5.91 Å². The largest absolute Gasteiger partial charge is 0.346 e. The van der Waals surface area contributed by atoms with E-state index in [-0.39, 0.29) is 11.9 Å². The normalized spacial score (nSPS) is 14.9. The molecule has 2 heteroatoms. The van der Waals surface area contributed by atoms with Gasteiger partial charge in [-0.15, -0.1) is 0 Å². The molecule has 0 aromatic heterocycles. The van der Waals surface area contributed by atoms with Crippen molar-refractivity contribution in [3.05, 3.63) is 69.8 Å². The number of fused-ring (bicyclic) bond motifs is 1. The molecule has 1 amide bonds. The topological polar surface area (TPSA) is 29.1 Å². The summed E-state index contributed by atoms with van der Waals surface area (Å²) in [6.45, 7) is 6.26.